The van der Waals surface area contributed by atoms with Crippen molar-refractivity contribution in [3.05, 3.63) is 23.8 Å². The number of nitrogen functional groups attached to an aromatic ring is 1. The van der Waals surface area contributed by atoms with Crippen molar-refractivity contribution in [3.8, 4) is 5.75 Å². The molecule has 0 heterocycles. The van der Waals surface area contributed by atoms with Gasteiger partial charge in [0.2, 0.25) is 0 Å². The molecular formula is C12H15NO5. The Morgan fingerprint density at radius 3 is 2.44 bits per heavy atom. The molecule has 0 aliphatic heterocycles. The zero-order valence-corrected chi connectivity index (χ0v) is 10.3. The predicted octanol–water partition coefficient (Wildman–Crippen LogP) is 1.98. The number of carbonyl (C=O) groups is 2. The fourth-order valence-corrected chi connectivity index (χ4v) is 1.29. The third kappa shape index (κ3) is 3.38. The highest BCUT2D eigenvalue weighted by Gasteiger charge is 2.19. The van der Waals surface area contributed by atoms with Crippen LogP contribution in [0.4, 0.5) is 10.5 Å². The van der Waals surface area contributed by atoms with Gasteiger partial charge >= 0.3 is 12.1 Å². The second kappa shape index (κ2) is 6.48. The van der Waals surface area contributed by atoms with Crippen molar-refractivity contribution in [2.75, 3.05) is 18.9 Å². The van der Waals surface area contributed by atoms with Crippen LogP contribution < -0.4 is 10.5 Å². The van der Waals surface area contributed by atoms with Gasteiger partial charge in [-0.05, 0) is 26.0 Å². The van der Waals surface area contributed by atoms with Gasteiger partial charge in [0.25, 0.3) is 0 Å². The Hall–Kier alpha value is -2.24. The van der Waals surface area contributed by atoms with E-state index in [1.807, 2.05) is 0 Å². The van der Waals surface area contributed by atoms with Crippen LogP contribution in [0.2, 0.25) is 0 Å². The van der Waals surface area contributed by atoms with Gasteiger partial charge in [-0.25, -0.2) is 9.59 Å². The van der Waals surface area contributed by atoms with Gasteiger partial charge in [0, 0.05) is 5.69 Å². The highest BCUT2D eigenvalue weighted by atomic mass is 16.7. The highest BCUT2D eigenvalue weighted by Crippen LogP contribution is 2.25. The molecule has 0 radical (unpaired) electrons. The molecule has 0 aromatic heterocycles. The molecule has 2 N–H and O–H groups in total. The molecule has 0 atom stereocenters. The van der Waals surface area contributed by atoms with E-state index in [0.29, 0.717) is 0 Å². The number of ether oxygens (including phenoxy) is 3. The maximum Gasteiger partial charge on any atom is 0.513 e. The van der Waals surface area contributed by atoms with E-state index in [9.17, 15) is 9.59 Å². The summed E-state index contributed by atoms with van der Waals surface area (Å²) in [5, 5.41) is 0. The van der Waals surface area contributed by atoms with Crippen molar-refractivity contribution in [1.29, 1.82) is 0 Å². The van der Waals surface area contributed by atoms with E-state index >= 15 is 0 Å². The quantitative estimate of drug-likeness (QED) is 0.501. The fraction of sp³-hybridized carbons (Fsp3) is 0.333. The molecular weight excluding hydrogens is 238 g/mol. The summed E-state index contributed by atoms with van der Waals surface area (Å²) in [5.41, 5.74) is 5.87. The minimum atomic E-state index is -0.895. The van der Waals surface area contributed by atoms with Crippen LogP contribution in [0.3, 0.4) is 0 Å². The van der Waals surface area contributed by atoms with E-state index < -0.39 is 12.1 Å². The molecule has 18 heavy (non-hydrogen) atoms. The normalized spacial score (nSPS) is 9.67. The molecule has 98 valence electrons. The van der Waals surface area contributed by atoms with Crippen LogP contribution >= 0.6 is 0 Å². The van der Waals surface area contributed by atoms with E-state index in [0.717, 1.165) is 0 Å². The number of rotatable bonds is 4. The Morgan fingerprint density at radius 1 is 1.17 bits per heavy atom. The summed E-state index contributed by atoms with van der Waals surface area (Å²) in [5.74, 6) is -0.623. The topological polar surface area (TPSA) is 87.9 Å². The van der Waals surface area contributed by atoms with Gasteiger partial charge in [-0.2, -0.15) is 0 Å². The van der Waals surface area contributed by atoms with Crippen molar-refractivity contribution >= 4 is 17.8 Å². The average molecular weight is 253 g/mol. The molecule has 0 aliphatic carbocycles. The molecule has 0 unspecified atom stereocenters. The summed E-state index contributed by atoms with van der Waals surface area (Å²) in [6.45, 7) is 3.69. The molecule has 0 amide bonds. The average Bonchev–Trinajstić information content (AvgIpc) is 2.29. The summed E-state index contributed by atoms with van der Waals surface area (Å²) in [4.78, 5) is 22.9. The lowest BCUT2D eigenvalue weighted by atomic mass is 10.1. The van der Waals surface area contributed by atoms with Crippen LogP contribution in [0.5, 0.6) is 5.75 Å². The van der Waals surface area contributed by atoms with Gasteiger partial charge in [0.1, 0.15) is 5.56 Å². The fourth-order valence-electron chi connectivity index (χ4n) is 1.29. The molecule has 0 fully saturated rings. The van der Waals surface area contributed by atoms with Gasteiger partial charge in [-0.15, -0.1) is 0 Å². The minimum absolute atomic E-state index is 0.0203. The third-order valence-electron chi connectivity index (χ3n) is 1.99. The van der Waals surface area contributed by atoms with Crippen LogP contribution in [0.25, 0.3) is 0 Å². The van der Waals surface area contributed by atoms with Crippen molar-refractivity contribution < 1.29 is 23.8 Å². The lowest BCUT2D eigenvalue weighted by Gasteiger charge is -2.10. The van der Waals surface area contributed by atoms with Gasteiger partial charge in [-0.3, -0.25) is 0 Å². The lowest BCUT2D eigenvalue weighted by molar-refractivity contribution is 0.0522. The minimum Gasteiger partial charge on any atom is -0.462 e. The van der Waals surface area contributed by atoms with Crippen molar-refractivity contribution in [3.63, 3.8) is 0 Å². The molecule has 6 heteroatoms. The number of hydrogen-bond acceptors (Lipinski definition) is 6. The van der Waals surface area contributed by atoms with Crippen molar-refractivity contribution in [2.45, 2.75) is 13.8 Å². The number of benzene rings is 1. The Balaban J connectivity index is 3.00. The van der Waals surface area contributed by atoms with Crippen molar-refractivity contribution in [1.82, 2.24) is 0 Å². The Kier molecular flexibility index (Phi) is 4.98. The molecule has 6 nitrogen and oxygen atoms in total. The summed E-state index contributed by atoms with van der Waals surface area (Å²) in [6, 6.07) is 4.52. The molecule has 1 rings (SSSR count). The summed E-state index contributed by atoms with van der Waals surface area (Å²) < 4.78 is 14.4. The molecule has 1 aromatic carbocycles. The highest BCUT2D eigenvalue weighted by molar-refractivity contribution is 5.98. The first-order valence-corrected chi connectivity index (χ1v) is 5.50. The zero-order valence-electron chi connectivity index (χ0n) is 10.3. The third-order valence-corrected chi connectivity index (χ3v) is 1.99. The smallest absolute Gasteiger partial charge is 0.462 e. The predicted molar refractivity (Wildman–Crippen MR) is 64.5 cm³/mol. The number of anilines is 1. The Morgan fingerprint density at radius 2 is 1.83 bits per heavy atom. The van der Waals surface area contributed by atoms with E-state index in [4.69, 9.17) is 15.2 Å². The number of esters is 1. The van der Waals surface area contributed by atoms with Crippen molar-refractivity contribution in [2.24, 2.45) is 0 Å². The molecule has 0 aliphatic rings. The van der Waals surface area contributed by atoms with Gasteiger partial charge in [-0.1, -0.05) is 6.07 Å². The van der Waals surface area contributed by atoms with Crippen LogP contribution in [0.15, 0.2) is 18.2 Å². The standard InChI is InChI=1S/C12H15NO5/c1-3-16-11(14)10-8(13)6-5-7-9(10)18-12(15)17-4-2/h5-7H,3-4,13H2,1-2H3. The first kappa shape index (κ1) is 13.8. The maximum atomic E-state index is 11.7. The van der Waals surface area contributed by atoms with Gasteiger partial charge < -0.3 is 19.9 Å². The molecule has 0 saturated carbocycles. The SMILES string of the molecule is CCOC(=O)Oc1cccc(N)c1C(=O)OCC. The van der Waals surface area contributed by atoms with Crippen LogP contribution in [-0.2, 0) is 9.47 Å². The molecule has 0 spiro atoms. The largest absolute Gasteiger partial charge is 0.513 e. The van der Waals surface area contributed by atoms with E-state index in [1.54, 1.807) is 19.9 Å². The molecule has 0 saturated heterocycles. The van der Waals surface area contributed by atoms with Crippen LogP contribution in [0.1, 0.15) is 24.2 Å². The first-order valence-electron chi connectivity index (χ1n) is 5.50. The zero-order chi connectivity index (χ0) is 13.5. The van der Waals surface area contributed by atoms with E-state index in [1.165, 1.54) is 12.1 Å². The number of nitrogens with two attached hydrogens (primary N) is 1. The van der Waals surface area contributed by atoms with Gasteiger partial charge in [0.05, 0.1) is 13.2 Å². The second-order valence-electron chi connectivity index (χ2n) is 3.23. The summed E-state index contributed by atoms with van der Waals surface area (Å²) >= 11 is 0. The lowest BCUT2D eigenvalue weighted by Crippen LogP contribution is -2.15. The number of hydrogen-bond donors (Lipinski definition) is 1. The summed E-state index contributed by atoms with van der Waals surface area (Å²) in [6.07, 6.45) is -0.895. The van der Waals surface area contributed by atoms with E-state index in [2.05, 4.69) is 4.74 Å². The Bertz CT molecular complexity index is 444. The number of carbonyl (C=O) groups excluding carboxylic acids is 2. The maximum absolute atomic E-state index is 11.7. The first-order chi connectivity index (χ1) is 8.60. The van der Waals surface area contributed by atoms with Crippen LogP contribution in [0, 0.1) is 0 Å². The summed E-state index contributed by atoms with van der Waals surface area (Å²) in [7, 11) is 0. The monoisotopic (exact) mass is 253 g/mol. The molecule has 0 bridgehead atoms. The Labute approximate surface area is 105 Å². The van der Waals surface area contributed by atoms with E-state index in [-0.39, 0.29) is 30.2 Å². The van der Waals surface area contributed by atoms with Gasteiger partial charge in [0.15, 0.2) is 5.75 Å². The second-order valence-corrected chi connectivity index (χ2v) is 3.23. The van der Waals surface area contributed by atoms with Crippen LogP contribution in [-0.4, -0.2) is 25.3 Å². The molecule has 1 aromatic rings.